The molecule has 1 N–H and O–H groups in total. The summed E-state index contributed by atoms with van der Waals surface area (Å²) in [5, 5.41) is 16.3. The van der Waals surface area contributed by atoms with E-state index in [0.29, 0.717) is 0 Å². The summed E-state index contributed by atoms with van der Waals surface area (Å²) in [6.07, 6.45) is -5.01. The Kier molecular flexibility index (Phi) is 4.55. The van der Waals surface area contributed by atoms with Crippen LogP contribution in [0.4, 0.5) is 13.2 Å². The summed E-state index contributed by atoms with van der Waals surface area (Å²) in [6, 6.07) is 3.21. The van der Waals surface area contributed by atoms with Crippen LogP contribution in [0.5, 0.6) is 0 Å². The lowest BCUT2D eigenvalue weighted by Crippen LogP contribution is -2.11. The number of hydrogen-bond donors (Lipinski definition) is 1. The fourth-order valence-corrected chi connectivity index (χ4v) is 2.46. The van der Waals surface area contributed by atoms with Crippen molar-refractivity contribution >= 4 is 21.9 Å². The molecule has 9 heteroatoms. The second-order valence-corrected chi connectivity index (χ2v) is 5.50. The van der Waals surface area contributed by atoms with E-state index >= 15 is 0 Å². The number of carbonyl (C=O) groups is 1. The predicted molar refractivity (Wildman–Crippen MR) is 72.3 cm³/mol. The zero-order chi connectivity index (χ0) is 16.5. The Bertz CT molecular complexity index is 700. The molecule has 0 amide bonds. The van der Waals surface area contributed by atoms with Crippen LogP contribution in [0.1, 0.15) is 35.2 Å². The molecule has 1 heterocycles. The highest BCUT2D eigenvalue weighted by atomic mass is 79.9. The molecule has 2 rings (SSSR count). The third kappa shape index (κ3) is 3.85. The number of hydrogen-bond acceptors (Lipinski definition) is 4. The Morgan fingerprint density at radius 2 is 2.05 bits per heavy atom. The molecule has 22 heavy (non-hydrogen) atoms. The van der Waals surface area contributed by atoms with Crippen LogP contribution >= 0.6 is 15.9 Å². The standard InChI is InChI=1S/C13H10BrF3N2O3/c1-6-18-19-12(22-6)10(5-11(20)21)7-2-8(13(15,16)17)4-9(14)3-7/h2-4,10H,5H2,1H3,(H,20,21). The SMILES string of the molecule is Cc1nnc(C(CC(=O)O)c2cc(Br)cc(C(F)(F)F)c2)o1. The van der Waals surface area contributed by atoms with Gasteiger partial charge < -0.3 is 9.52 Å². The molecule has 0 spiro atoms. The molecule has 0 radical (unpaired) electrons. The van der Waals surface area contributed by atoms with Gasteiger partial charge in [-0.25, -0.2) is 0 Å². The average molecular weight is 379 g/mol. The molecule has 0 aliphatic heterocycles. The van der Waals surface area contributed by atoms with Crippen molar-refractivity contribution in [2.24, 2.45) is 0 Å². The molecule has 1 aromatic carbocycles. The highest BCUT2D eigenvalue weighted by Crippen LogP contribution is 2.36. The van der Waals surface area contributed by atoms with Crippen molar-refractivity contribution in [3.8, 4) is 0 Å². The third-order valence-corrected chi connectivity index (χ3v) is 3.33. The maximum Gasteiger partial charge on any atom is 0.416 e. The van der Waals surface area contributed by atoms with E-state index < -0.39 is 30.0 Å². The van der Waals surface area contributed by atoms with Crippen LogP contribution in [0.25, 0.3) is 0 Å². The Morgan fingerprint density at radius 1 is 1.36 bits per heavy atom. The number of aryl methyl sites for hydroxylation is 1. The van der Waals surface area contributed by atoms with Gasteiger partial charge in [0.1, 0.15) is 0 Å². The number of alkyl halides is 3. The Hall–Kier alpha value is -1.90. The van der Waals surface area contributed by atoms with Crippen molar-refractivity contribution in [3.63, 3.8) is 0 Å². The van der Waals surface area contributed by atoms with Gasteiger partial charge in [-0.2, -0.15) is 13.2 Å². The second-order valence-electron chi connectivity index (χ2n) is 4.58. The molecule has 0 aliphatic rings. The van der Waals surface area contributed by atoms with Gasteiger partial charge in [0.25, 0.3) is 0 Å². The second kappa shape index (κ2) is 6.07. The molecule has 0 fully saturated rings. The lowest BCUT2D eigenvalue weighted by Gasteiger charge is -2.15. The summed E-state index contributed by atoms with van der Waals surface area (Å²) >= 11 is 3.00. The van der Waals surface area contributed by atoms with Gasteiger partial charge in [0, 0.05) is 11.4 Å². The summed E-state index contributed by atoms with van der Waals surface area (Å²) in [7, 11) is 0. The Morgan fingerprint density at radius 3 is 2.55 bits per heavy atom. The summed E-state index contributed by atoms with van der Waals surface area (Å²) in [6.45, 7) is 1.51. The van der Waals surface area contributed by atoms with Gasteiger partial charge in [0.2, 0.25) is 11.8 Å². The van der Waals surface area contributed by atoms with Gasteiger partial charge in [0.15, 0.2) is 0 Å². The summed E-state index contributed by atoms with van der Waals surface area (Å²) in [5.74, 6) is -1.98. The summed E-state index contributed by atoms with van der Waals surface area (Å²) in [5.41, 5.74) is -0.753. The number of nitrogens with zero attached hydrogens (tertiary/aromatic N) is 2. The minimum atomic E-state index is -4.54. The van der Waals surface area contributed by atoms with Crippen molar-refractivity contribution in [1.82, 2.24) is 10.2 Å². The van der Waals surface area contributed by atoms with Gasteiger partial charge in [-0.15, -0.1) is 10.2 Å². The molecular formula is C13H10BrF3N2O3. The normalized spacial score (nSPS) is 13.1. The molecule has 1 unspecified atom stereocenters. The molecule has 0 aliphatic carbocycles. The van der Waals surface area contributed by atoms with E-state index in [4.69, 9.17) is 9.52 Å². The van der Waals surface area contributed by atoms with E-state index in [0.717, 1.165) is 12.1 Å². The fourth-order valence-electron chi connectivity index (χ4n) is 1.95. The summed E-state index contributed by atoms with van der Waals surface area (Å²) in [4.78, 5) is 11.0. The van der Waals surface area contributed by atoms with Crippen molar-refractivity contribution in [2.75, 3.05) is 0 Å². The average Bonchev–Trinajstić information content (AvgIpc) is 2.80. The van der Waals surface area contributed by atoms with Crippen LogP contribution in [0, 0.1) is 6.92 Å². The van der Waals surface area contributed by atoms with E-state index in [9.17, 15) is 18.0 Å². The zero-order valence-corrected chi connectivity index (χ0v) is 12.8. The smallest absolute Gasteiger partial charge is 0.416 e. The third-order valence-electron chi connectivity index (χ3n) is 2.87. The first kappa shape index (κ1) is 16.5. The lowest BCUT2D eigenvalue weighted by molar-refractivity contribution is -0.138. The first-order valence-electron chi connectivity index (χ1n) is 6.06. The van der Waals surface area contributed by atoms with Crippen molar-refractivity contribution in [2.45, 2.75) is 25.4 Å². The van der Waals surface area contributed by atoms with Crippen molar-refractivity contribution < 1.29 is 27.5 Å². The first-order valence-corrected chi connectivity index (χ1v) is 6.85. The van der Waals surface area contributed by atoms with Crippen LogP contribution in [0.15, 0.2) is 27.1 Å². The van der Waals surface area contributed by atoms with Crippen molar-refractivity contribution in [3.05, 3.63) is 45.6 Å². The van der Waals surface area contributed by atoms with E-state index in [1.54, 1.807) is 0 Å². The minimum absolute atomic E-state index is 0.0360. The molecule has 0 saturated heterocycles. The maximum absolute atomic E-state index is 12.9. The number of benzene rings is 1. The van der Waals surface area contributed by atoms with Gasteiger partial charge in [-0.05, 0) is 23.8 Å². The molecule has 2 aromatic rings. The van der Waals surface area contributed by atoms with E-state index in [1.807, 2.05) is 0 Å². The van der Waals surface area contributed by atoms with Crippen LogP contribution < -0.4 is 0 Å². The van der Waals surface area contributed by atoms with Crippen LogP contribution in [-0.4, -0.2) is 21.3 Å². The number of carboxylic acids is 1. The number of rotatable bonds is 4. The molecule has 0 bridgehead atoms. The quantitative estimate of drug-likeness (QED) is 0.876. The van der Waals surface area contributed by atoms with E-state index in [-0.39, 0.29) is 21.8 Å². The number of carboxylic acid groups (broad SMARTS) is 1. The van der Waals surface area contributed by atoms with Crippen LogP contribution in [-0.2, 0) is 11.0 Å². The van der Waals surface area contributed by atoms with Gasteiger partial charge in [-0.1, -0.05) is 15.9 Å². The Balaban J connectivity index is 2.52. The molecule has 118 valence electrons. The molecule has 5 nitrogen and oxygen atoms in total. The van der Waals surface area contributed by atoms with Crippen LogP contribution in [0.3, 0.4) is 0 Å². The Labute approximate surface area is 131 Å². The lowest BCUT2D eigenvalue weighted by atomic mass is 9.94. The maximum atomic E-state index is 12.9. The first-order chi connectivity index (χ1) is 10.2. The minimum Gasteiger partial charge on any atom is -0.481 e. The van der Waals surface area contributed by atoms with E-state index in [2.05, 4.69) is 26.1 Å². The molecule has 0 saturated carbocycles. The number of aliphatic carboxylic acids is 1. The van der Waals surface area contributed by atoms with Crippen molar-refractivity contribution in [1.29, 1.82) is 0 Å². The number of aromatic nitrogens is 2. The molecule has 1 aromatic heterocycles. The van der Waals surface area contributed by atoms with Gasteiger partial charge in [0.05, 0.1) is 17.9 Å². The molecule has 1 atom stereocenters. The summed E-state index contributed by atoms with van der Waals surface area (Å²) < 4.78 is 44.0. The largest absolute Gasteiger partial charge is 0.481 e. The van der Waals surface area contributed by atoms with Gasteiger partial charge in [-0.3, -0.25) is 4.79 Å². The highest BCUT2D eigenvalue weighted by Gasteiger charge is 2.33. The predicted octanol–water partition coefficient (Wildman–Crippen LogP) is 3.77. The van der Waals surface area contributed by atoms with E-state index in [1.165, 1.54) is 13.0 Å². The monoisotopic (exact) mass is 378 g/mol. The fraction of sp³-hybridized carbons (Fsp3) is 0.308. The van der Waals surface area contributed by atoms with Crippen LogP contribution in [0.2, 0.25) is 0 Å². The topological polar surface area (TPSA) is 76.2 Å². The number of halogens is 4. The van der Waals surface area contributed by atoms with Gasteiger partial charge >= 0.3 is 12.1 Å². The zero-order valence-electron chi connectivity index (χ0n) is 11.2. The highest BCUT2D eigenvalue weighted by molar-refractivity contribution is 9.10. The molecular weight excluding hydrogens is 369 g/mol.